The van der Waals surface area contributed by atoms with Crippen LogP contribution in [-0.2, 0) is 47.4 Å². The zero-order valence-corrected chi connectivity index (χ0v) is 23.3. The Bertz CT molecular complexity index is 474. The summed E-state index contributed by atoms with van der Waals surface area (Å²) < 4.78 is 48.6. The van der Waals surface area contributed by atoms with Crippen molar-refractivity contribution in [2.75, 3.05) is 126 Å². The molecule has 0 amide bonds. The molecule has 36 heavy (non-hydrogen) atoms. The number of nitrogens with zero attached hydrogens (tertiary/aromatic N) is 1. The maximum absolute atomic E-state index is 11.5. The molecule has 0 heterocycles. The molecule has 0 aliphatic rings. The predicted octanol–water partition coefficient (Wildman–Crippen LogP) is 1.41. The lowest BCUT2D eigenvalue weighted by Gasteiger charge is -2.19. The zero-order chi connectivity index (χ0) is 26.7. The van der Waals surface area contributed by atoms with E-state index in [-0.39, 0.29) is 12.4 Å². The normalized spacial score (nSPS) is 11.9. The van der Waals surface area contributed by atoms with E-state index in [0.29, 0.717) is 106 Å². The quantitative estimate of drug-likeness (QED) is 0.115. The van der Waals surface area contributed by atoms with E-state index >= 15 is 0 Å². The molecular formula is C25H51NO10. The molecule has 11 nitrogen and oxygen atoms in total. The van der Waals surface area contributed by atoms with Gasteiger partial charge in [0.2, 0.25) is 0 Å². The van der Waals surface area contributed by atoms with Crippen LogP contribution in [0.25, 0.3) is 0 Å². The first-order valence-electron chi connectivity index (χ1n) is 12.8. The summed E-state index contributed by atoms with van der Waals surface area (Å²) in [7, 11) is 4.03. The van der Waals surface area contributed by atoms with Crippen LogP contribution in [0.4, 0.5) is 0 Å². The van der Waals surface area contributed by atoms with Crippen molar-refractivity contribution in [3.63, 3.8) is 0 Å². The molecule has 0 atom stereocenters. The second-order valence-electron chi connectivity index (χ2n) is 9.04. The largest absolute Gasteiger partial charge is 0.460 e. The van der Waals surface area contributed by atoms with Crippen molar-refractivity contribution in [1.29, 1.82) is 0 Å². The van der Waals surface area contributed by atoms with Gasteiger partial charge in [-0.1, -0.05) is 0 Å². The van der Waals surface area contributed by atoms with Gasteiger partial charge in [0, 0.05) is 6.54 Å². The first kappa shape index (κ1) is 35.1. The van der Waals surface area contributed by atoms with Gasteiger partial charge >= 0.3 is 5.97 Å². The highest BCUT2D eigenvalue weighted by molar-refractivity contribution is 5.69. The maximum Gasteiger partial charge on any atom is 0.308 e. The lowest BCUT2D eigenvalue weighted by Crippen LogP contribution is -2.24. The van der Waals surface area contributed by atoms with E-state index < -0.39 is 5.60 Å². The summed E-state index contributed by atoms with van der Waals surface area (Å²) in [5.74, 6) is -0.259. The molecule has 0 radical (unpaired) electrons. The van der Waals surface area contributed by atoms with Crippen LogP contribution in [-0.4, -0.2) is 143 Å². The van der Waals surface area contributed by atoms with E-state index in [2.05, 4.69) is 4.90 Å². The monoisotopic (exact) mass is 525 g/mol. The lowest BCUT2D eigenvalue weighted by molar-refractivity contribution is -0.156. The number of esters is 1. The van der Waals surface area contributed by atoms with Crippen molar-refractivity contribution in [2.24, 2.45) is 0 Å². The molecular weight excluding hydrogens is 474 g/mol. The molecule has 0 spiro atoms. The first-order valence-corrected chi connectivity index (χ1v) is 12.8. The molecule has 11 heteroatoms. The van der Waals surface area contributed by atoms with Crippen molar-refractivity contribution in [3.05, 3.63) is 0 Å². The van der Waals surface area contributed by atoms with Crippen molar-refractivity contribution in [2.45, 2.75) is 32.8 Å². The molecule has 0 aromatic carbocycles. The Morgan fingerprint density at radius 2 is 0.778 bits per heavy atom. The van der Waals surface area contributed by atoms with Gasteiger partial charge in [-0.3, -0.25) is 4.79 Å². The van der Waals surface area contributed by atoms with Gasteiger partial charge in [0.25, 0.3) is 0 Å². The van der Waals surface area contributed by atoms with Crippen LogP contribution >= 0.6 is 0 Å². The summed E-state index contributed by atoms with van der Waals surface area (Å²) >= 11 is 0. The van der Waals surface area contributed by atoms with Gasteiger partial charge < -0.3 is 47.5 Å². The Kier molecular flexibility index (Phi) is 25.1. The first-order chi connectivity index (χ1) is 17.3. The number of rotatable bonds is 27. The standard InChI is InChI=1S/C25H51NO10/c1-25(2,3)36-24(27)6-8-28-10-12-30-14-16-32-18-20-34-22-23-35-21-19-33-17-15-31-13-11-29-9-7-26(4)5/h6-23H2,1-5H3. The minimum absolute atomic E-state index is 0.239. The fraction of sp³-hybridized carbons (Fsp3) is 0.960. The average Bonchev–Trinajstić information content (AvgIpc) is 2.80. The molecule has 0 aliphatic heterocycles. The second-order valence-corrected chi connectivity index (χ2v) is 9.04. The molecule has 0 aromatic heterocycles. The van der Waals surface area contributed by atoms with Gasteiger partial charge in [-0.05, 0) is 34.9 Å². The van der Waals surface area contributed by atoms with Crippen LogP contribution in [0.15, 0.2) is 0 Å². The van der Waals surface area contributed by atoms with Crippen molar-refractivity contribution >= 4 is 5.97 Å². The van der Waals surface area contributed by atoms with E-state index in [1.807, 2.05) is 34.9 Å². The van der Waals surface area contributed by atoms with E-state index in [1.165, 1.54) is 0 Å². The lowest BCUT2D eigenvalue weighted by atomic mass is 10.2. The van der Waals surface area contributed by atoms with Gasteiger partial charge in [-0.25, -0.2) is 0 Å². The predicted molar refractivity (Wildman–Crippen MR) is 136 cm³/mol. The topological polar surface area (TPSA) is 103 Å². The summed E-state index contributed by atoms with van der Waals surface area (Å²) in [5.41, 5.74) is -0.465. The van der Waals surface area contributed by atoms with Gasteiger partial charge in [0.1, 0.15) is 5.60 Å². The minimum atomic E-state index is -0.465. The maximum atomic E-state index is 11.5. The third-order valence-electron chi connectivity index (χ3n) is 4.16. The summed E-state index contributed by atoms with van der Waals surface area (Å²) in [6.07, 6.45) is 0.239. The number of carbonyl (C=O) groups excluding carboxylic acids is 1. The Labute approximate surface area is 217 Å². The molecule has 0 saturated carbocycles. The Morgan fingerprint density at radius 1 is 0.500 bits per heavy atom. The van der Waals surface area contributed by atoms with Gasteiger partial charge in [0.05, 0.1) is 112 Å². The summed E-state index contributed by atoms with van der Waals surface area (Å²) in [6.45, 7) is 14.7. The zero-order valence-electron chi connectivity index (χ0n) is 23.3. The van der Waals surface area contributed by atoms with E-state index in [1.54, 1.807) is 0 Å². The fourth-order valence-electron chi connectivity index (χ4n) is 2.44. The Hall–Kier alpha value is -0.890. The highest BCUT2D eigenvalue weighted by Gasteiger charge is 2.15. The molecule has 0 N–H and O–H groups in total. The van der Waals surface area contributed by atoms with Crippen LogP contribution in [0.1, 0.15) is 27.2 Å². The minimum Gasteiger partial charge on any atom is -0.460 e. The molecule has 0 aromatic rings. The third kappa shape index (κ3) is 31.1. The number of hydrogen-bond acceptors (Lipinski definition) is 11. The molecule has 0 fully saturated rings. The van der Waals surface area contributed by atoms with Gasteiger partial charge in [0.15, 0.2) is 0 Å². The summed E-state index contributed by atoms with van der Waals surface area (Å²) in [6, 6.07) is 0. The van der Waals surface area contributed by atoms with Gasteiger partial charge in [-0.2, -0.15) is 0 Å². The van der Waals surface area contributed by atoms with Crippen molar-refractivity contribution in [1.82, 2.24) is 4.90 Å². The molecule has 0 unspecified atom stereocenters. The SMILES string of the molecule is CN(C)CCOCCOCCOCCOCCOCCOCCOCCOCCC(=O)OC(C)(C)C. The highest BCUT2D eigenvalue weighted by atomic mass is 16.6. The molecule has 0 rings (SSSR count). The van der Waals surface area contributed by atoms with Crippen LogP contribution in [0.2, 0.25) is 0 Å². The second kappa shape index (κ2) is 25.7. The Morgan fingerprint density at radius 3 is 1.06 bits per heavy atom. The number of carbonyl (C=O) groups is 1. The van der Waals surface area contributed by atoms with Crippen molar-refractivity contribution < 1.29 is 47.4 Å². The van der Waals surface area contributed by atoms with Crippen LogP contribution in [0.3, 0.4) is 0 Å². The van der Waals surface area contributed by atoms with E-state index in [4.69, 9.17) is 42.6 Å². The number of likely N-dealkylation sites (N-methyl/N-ethyl adjacent to an activating group) is 1. The van der Waals surface area contributed by atoms with Gasteiger partial charge in [-0.15, -0.1) is 0 Å². The smallest absolute Gasteiger partial charge is 0.308 e. The summed E-state index contributed by atoms with van der Waals surface area (Å²) in [5, 5.41) is 0. The van der Waals surface area contributed by atoms with E-state index in [0.717, 1.165) is 6.54 Å². The van der Waals surface area contributed by atoms with Crippen LogP contribution in [0, 0.1) is 0 Å². The summed E-state index contributed by atoms with van der Waals surface area (Å²) in [4.78, 5) is 13.6. The molecule has 0 aliphatic carbocycles. The highest BCUT2D eigenvalue weighted by Crippen LogP contribution is 2.08. The molecule has 216 valence electrons. The Balaban J connectivity index is 3.10. The number of ether oxygens (including phenoxy) is 9. The molecule has 0 bridgehead atoms. The number of hydrogen-bond donors (Lipinski definition) is 0. The van der Waals surface area contributed by atoms with Crippen molar-refractivity contribution in [3.8, 4) is 0 Å². The van der Waals surface area contributed by atoms with Crippen LogP contribution < -0.4 is 0 Å². The molecule has 0 saturated heterocycles. The third-order valence-corrected chi connectivity index (χ3v) is 4.16. The average molecular weight is 526 g/mol. The van der Waals surface area contributed by atoms with Crippen LogP contribution in [0.5, 0.6) is 0 Å². The fourth-order valence-corrected chi connectivity index (χ4v) is 2.44. The van der Waals surface area contributed by atoms with E-state index in [9.17, 15) is 4.79 Å².